The molecule has 0 heterocycles. The number of nitrogens with zero attached hydrogens (tertiary/aromatic N) is 2. The van der Waals surface area contributed by atoms with Gasteiger partial charge in [0.15, 0.2) is 0 Å². The Kier molecular flexibility index (Phi) is 12.3. The van der Waals surface area contributed by atoms with Gasteiger partial charge in [-0.15, -0.1) is 0 Å². The average Bonchev–Trinajstić information content (AvgIpc) is 1.81. The third kappa shape index (κ3) is 8.49. The molecule has 2 aliphatic carbocycles. The van der Waals surface area contributed by atoms with Gasteiger partial charge < -0.3 is 9.80 Å². The Hall–Kier alpha value is -10.7. The number of rotatable bonds is 10. The van der Waals surface area contributed by atoms with Crippen LogP contribution in [0.25, 0.3) is 99.1 Å². The van der Waals surface area contributed by atoms with E-state index in [0.29, 0.717) is 0 Å². The molecule has 2 aliphatic rings. The molecule has 0 unspecified atom stereocenters. The van der Waals surface area contributed by atoms with E-state index in [9.17, 15) is 0 Å². The summed E-state index contributed by atoms with van der Waals surface area (Å²) in [6.07, 6.45) is 0. The van der Waals surface area contributed by atoms with Crippen molar-refractivity contribution in [2.75, 3.05) is 9.80 Å². The molecule has 0 atom stereocenters. The third-order valence-corrected chi connectivity index (χ3v) is 18.9. The van der Waals surface area contributed by atoms with Crippen molar-refractivity contribution in [3.05, 3.63) is 325 Å². The van der Waals surface area contributed by atoms with Crippen molar-refractivity contribution in [1.82, 2.24) is 0 Å². The van der Waals surface area contributed by atoms with Crippen LogP contribution in [0.1, 0.15) is 49.9 Å². The monoisotopic (exact) mass is 1130 g/mol. The molecule has 16 rings (SSSR count). The fourth-order valence-corrected chi connectivity index (χ4v) is 14.6. The van der Waals surface area contributed by atoms with Gasteiger partial charge in [-0.3, -0.25) is 0 Å². The Bertz CT molecular complexity index is 4790. The number of fused-ring (bicyclic) bond motifs is 9. The second-order valence-corrected chi connectivity index (χ2v) is 24.7. The zero-order valence-corrected chi connectivity index (χ0v) is 49.4. The van der Waals surface area contributed by atoms with Crippen molar-refractivity contribution in [1.29, 1.82) is 0 Å². The van der Waals surface area contributed by atoms with Gasteiger partial charge in [0.05, 0.1) is 0 Å². The molecular weight excluding hydrogens is 1070 g/mol. The van der Waals surface area contributed by atoms with Gasteiger partial charge in [-0.1, -0.05) is 210 Å². The predicted octanol–water partition coefficient (Wildman–Crippen LogP) is 23.6. The standard InChI is InChI=1S/C84H60F2N2/c1-83(2)75-49-65(87(61-29-13-7-14-30-61)63-37-33-53-21-17-19-27-57(53)45-63)39-43-69(75)81-77(83)51-73-74(79(81)67-41-35-59(85)47-71(67)55-23-9-5-10-24-55)52-78-82(80(73)68-42-36-60(86)48-72(68)56-25-11-6-12-26-56)70-44-40-66(50-76(70)84(78,3)4)88(62-31-15-8-16-32-62)64-38-34-54-22-18-20-28-58(54)46-64/h5-52H,1-4H3. The lowest BCUT2D eigenvalue weighted by Crippen LogP contribution is -2.17. The lowest BCUT2D eigenvalue weighted by atomic mass is 9.75. The highest BCUT2D eigenvalue weighted by atomic mass is 19.1. The Morgan fingerprint density at radius 2 is 0.568 bits per heavy atom. The molecule has 0 amide bonds. The molecule has 420 valence electrons. The Balaban J connectivity index is 0.999. The molecule has 0 fully saturated rings. The molecule has 2 nitrogen and oxygen atoms in total. The van der Waals surface area contributed by atoms with Crippen LogP contribution in [0.4, 0.5) is 42.9 Å². The van der Waals surface area contributed by atoms with Crippen molar-refractivity contribution in [2.45, 2.75) is 38.5 Å². The first-order valence-corrected chi connectivity index (χ1v) is 30.3. The summed E-state index contributed by atoms with van der Waals surface area (Å²) in [6.45, 7) is 9.43. The Morgan fingerprint density at radius 3 is 0.966 bits per heavy atom. The summed E-state index contributed by atoms with van der Waals surface area (Å²) >= 11 is 0. The van der Waals surface area contributed by atoms with Gasteiger partial charge >= 0.3 is 0 Å². The van der Waals surface area contributed by atoms with Gasteiger partial charge in [-0.05, 0) is 231 Å². The quantitative estimate of drug-likeness (QED) is 0.135. The van der Waals surface area contributed by atoms with E-state index < -0.39 is 10.8 Å². The van der Waals surface area contributed by atoms with Gasteiger partial charge in [-0.2, -0.15) is 0 Å². The molecule has 4 heteroatoms. The topological polar surface area (TPSA) is 6.48 Å². The average molecular weight is 1140 g/mol. The van der Waals surface area contributed by atoms with E-state index in [2.05, 4.69) is 256 Å². The summed E-state index contributed by atoms with van der Waals surface area (Å²) in [4.78, 5) is 4.73. The zero-order valence-electron chi connectivity index (χ0n) is 49.4. The van der Waals surface area contributed by atoms with Gasteiger partial charge in [0.25, 0.3) is 0 Å². The highest BCUT2D eigenvalue weighted by Crippen LogP contribution is 2.62. The van der Waals surface area contributed by atoms with Crippen LogP contribution in [-0.2, 0) is 10.8 Å². The summed E-state index contributed by atoms with van der Waals surface area (Å²) in [5.41, 5.74) is 21.8. The summed E-state index contributed by atoms with van der Waals surface area (Å²) in [6, 6.07) is 102. The smallest absolute Gasteiger partial charge is 0.123 e. The van der Waals surface area contributed by atoms with Crippen LogP contribution in [0.2, 0.25) is 0 Å². The van der Waals surface area contributed by atoms with E-state index in [1.165, 1.54) is 32.7 Å². The van der Waals surface area contributed by atoms with E-state index in [4.69, 9.17) is 0 Å². The summed E-state index contributed by atoms with van der Waals surface area (Å²) < 4.78 is 32.6. The first-order chi connectivity index (χ1) is 43.0. The van der Waals surface area contributed by atoms with Crippen LogP contribution in [-0.4, -0.2) is 0 Å². The van der Waals surface area contributed by atoms with Crippen LogP contribution >= 0.6 is 0 Å². The lowest BCUT2D eigenvalue weighted by Gasteiger charge is -2.29. The molecule has 88 heavy (non-hydrogen) atoms. The van der Waals surface area contributed by atoms with Gasteiger partial charge in [-0.25, -0.2) is 8.78 Å². The second kappa shape index (κ2) is 20.5. The minimum absolute atomic E-state index is 0.305. The third-order valence-electron chi connectivity index (χ3n) is 18.9. The van der Waals surface area contributed by atoms with Crippen molar-refractivity contribution in [3.63, 3.8) is 0 Å². The SMILES string of the molecule is CC1(C)c2cc(N(c3ccccc3)c3ccc4ccccc4c3)ccc2-c2c1cc1c(-c3ccc(F)cc3-c3ccccc3)c3c(cc1c2-c1ccc(F)cc1-c1ccccc1)C(C)(C)c1cc(N(c2ccccc2)c2ccc4ccccc4c2)ccc1-3. The molecule has 0 saturated heterocycles. The van der Waals surface area contributed by atoms with E-state index in [1.54, 1.807) is 24.3 Å². The van der Waals surface area contributed by atoms with Gasteiger partial charge in [0.1, 0.15) is 11.6 Å². The van der Waals surface area contributed by atoms with Gasteiger partial charge in [0.2, 0.25) is 0 Å². The fourth-order valence-electron chi connectivity index (χ4n) is 14.6. The predicted molar refractivity (Wildman–Crippen MR) is 365 cm³/mol. The molecule has 0 saturated carbocycles. The number of hydrogen-bond acceptors (Lipinski definition) is 2. The molecule has 0 aliphatic heterocycles. The maximum Gasteiger partial charge on any atom is 0.123 e. The zero-order chi connectivity index (χ0) is 59.4. The molecule has 0 spiro atoms. The minimum atomic E-state index is -0.556. The van der Waals surface area contributed by atoms with Crippen molar-refractivity contribution < 1.29 is 8.78 Å². The van der Waals surface area contributed by atoms with E-state index in [1.807, 2.05) is 48.5 Å². The lowest BCUT2D eigenvalue weighted by molar-refractivity contribution is 0.628. The Labute approximate surface area is 512 Å². The van der Waals surface area contributed by atoms with Crippen LogP contribution in [0, 0.1) is 11.6 Å². The number of benzene rings is 14. The molecule has 14 aromatic carbocycles. The minimum Gasteiger partial charge on any atom is -0.310 e. The fraction of sp³-hybridized carbons (Fsp3) is 0.0714. The van der Waals surface area contributed by atoms with E-state index in [0.717, 1.165) is 123 Å². The molecular formula is C84H60F2N2. The van der Waals surface area contributed by atoms with Crippen LogP contribution < -0.4 is 9.80 Å². The highest BCUT2D eigenvalue weighted by Gasteiger charge is 2.43. The first kappa shape index (κ1) is 52.8. The first-order valence-electron chi connectivity index (χ1n) is 30.3. The molecule has 0 aromatic heterocycles. The largest absolute Gasteiger partial charge is 0.310 e. The van der Waals surface area contributed by atoms with Crippen LogP contribution in [0.5, 0.6) is 0 Å². The van der Waals surface area contributed by atoms with Gasteiger partial charge in [0, 0.05) is 45.0 Å². The number of para-hydroxylation sites is 2. The molecule has 0 radical (unpaired) electrons. The summed E-state index contributed by atoms with van der Waals surface area (Å²) in [5, 5.41) is 6.78. The normalized spacial score (nSPS) is 13.3. The number of hydrogen-bond donors (Lipinski definition) is 0. The van der Waals surface area contributed by atoms with Crippen molar-refractivity contribution >= 4 is 66.4 Å². The molecule has 0 N–H and O–H groups in total. The van der Waals surface area contributed by atoms with Crippen LogP contribution in [0.3, 0.4) is 0 Å². The number of anilines is 6. The second-order valence-electron chi connectivity index (χ2n) is 24.7. The van der Waals surface area contributed by atoms with Crippen molar-refractivity contribution in [3.8, 4) is 66.8 Å². The maximum atomic E-state index is 16.3. The summed E-state index contributed by atoms with van der Waals surface area (Å²) in [7, 11) is 0. The maximum absolute atomic E-state index is 16.3. The van der Waals surface area contributed by atoms with E-state index >= 15 is 8.78 Å². The highest BCUT2D eigenvalue weighted by molar-refractivity contribution is 6.19. The molecule has 14 aromatic rings. The van der Waals surface area contributed by atoms with Crippen molar-refractivity contribution in [2.24, 2.45) is 0 Å². The summed E-state index contributed by atoms with van der Waals surface area (Å²) in [5.74, 6) is -0.610. The Morgan fingerprint density at radius 1 is 0.239 bits per heavy atom. The number of halogens is 2. The van der Waals surface area contributed by atoms with Crippen LogP contribution in [0.15, 0.2) is 291 Å². The van der Waals surface area contributed by atoms with E-state index in [-0.39, 0.29) is 11.6 Å². The molecule has 0 bridgehead atoms.